The van der Waals surface area contributed by atoms with E-state index in [4.69, 9.17) is 9.47 Å². The SMILES string of the molecule is COc1ccnc(C(=O)Nc2cccc(Oc3ccccc3)c2)c1O. The molecular weight excluding hydrogens is 320 g/mol. The summed E-state index contributed by atoms with van der Waals surface area (Å²) in [6.45, 7) is 0. The number of aromatic nitrogens is 1. The van der Waals surface area contributed by atoms with E-state index in [-0.39, 0.29) is 17.2 Å². The number of ether oxygens (including phenoxy) is 2. The number of carbonyl (C=O) groups excluding carboxylic acids is 1. The lowest BCUT2D eigenvalue weighted by atomic mass is 10.2. The molecule has 1 heterocycles. The Morgan fingerprint density at radius 3 is 2.56 bits per heavy atom. The number of nitrogens with one attached hydrogen (secondary N) is 1. The summed E-state index contributed by atoms with van der Waals surface area (Å²) in [5, 5.41) is 12.7. The van der Waals surface area contributed by atoms with Crippen molar-refractivity contribution >= 4 is 11.6 Å². The molecule has 0 spiro atoms. The Kier molecular flexibility index (Phi) is 4.80. The van der Waals surface area contributed by atoms with Gasteiger partial charge in [-0.1, -0.05) is 24.3 Å². The van der Waals surface area contributed by atoms with Crippen LogP contribution >= 0.6 is 0 Å². The standard InChI is InChI=1S/C19H16N2O4/c1-24-16-10-11-20-17(18(16)22)19(23)21-13-6-5-9-15(12-13)25-14-7-3-2-4-8-14/h2-12,22H,1H3,(H,21,23). The largest absolute Gasteiger partial charge is 0.503 e. The van der Waals surface area contributed by atoms with Crippen LogP contribution in [0.4, 0.5) is 5.69 Å². The third kappa shape index (κ3) is 3.87. The number of aromatic hydroxyl groups is 1. The molecule has 3 rings (SSSR count). The van der Waals surface area contributed by atoms with Gasteiger partial charge in [0, 0.05) is 24.0 Å². The highest BCUT2D eigenvalue weighted by Crippen LogP contribution is 2.29. The zero-order valence-electron chi connectivity index (χ0n) is 13.5. The van der Waals surface area contributed by atoms with E-state index >= 15 is 0 Å². The summed E-state index contributed by atoms with van der Waals surface area (Å²) in [5.74, 6) is 0.596. The van der Waals surface area contributed by atoms with Crippen molar-refractivity contribution in [3.8, 4) is 23.0 Å². The summed E-state index contributed by atoms with van der Waals surface area (Å²) in [6, 6.07) is 17.7. The second-order valence-corrected chi connectivity index (χ2v) is 5.11. The van der Waals surface area contributed by atoms with Gasteiger partial charge < -0.3 is 19.9 Å². The van der Waals surface area contributed by atoms with Gasteiger partial charge in [0.05, 0.1) is 7.11 Å². The van der Waals surface area contributed by atoms with Gasteiger partial charge in [-0.05, 0) is 24.3 Å². The van der Waals surface area contributed by atoms with Gasteiger partial charge in [0.1, 0.15) is 11.5 Å². The van der Waals surface area contributed by atoms with Crippen molar-refractivity contribution in [3.05, 3.63) is 72.6 Å². The van der Waals surface area contributed by atoms with E-state index in [1.165, 1.54) is 19.4 Å². The lowest BCUT2D eigenvalue weighted by Crippen LogP contribution is -2.14. The van der Waals surface area contributed by atoms with Crippen molar-refractivity contribution in [1.82, 2.24) is 4.98 Å². The molecule has 2 N–H and O–H groups in total. The maximum atomic E-state index is 12.3. The van der Waals surface area contributed by atoms with E-state index in [0.717, 1.165) is 0 Å². The summed E-state index contributed by atoms with van der Waals surface area (Å²) < 4.78 is 10.7. The Hall–Kier alpha value is -3.54. The van der Waals surface area contributed by atoms with Crippen LogP contribution in [0.3, 0.4) is 0 Å². The monoisotopic (exact) mass is 336 g/mol. The van der Waals surface area contributed by atoms with Crippen molar-refractivity contribution in [3.63, 3.8) is 0 Å². The smallest absolute Gasteiger partial charge is 0.278 e. The van der Waals surface area contributed by atoms with Crippen molar-refractivity contribution in [2.75, 3.05) is 12.4 Å². The third-order valence-corrected chi connectivity index (χ3v) is 3.39. The molecular formula is C19H16N2O4. The quantitative estimate of drug-likeness (QED) is 0.740. The van der Waals surface area contributed by atoms with E-state index in [1.54, 1.807) is 24.3 Å². The molecule has 6 heteroatoms. The molecule has 25 heavy (non-hydrogen) atoms. The van der Waals surface area contributed by atoms with E-state index < -0.39 is 5.91 Å². The second-order valence-electron chi connectivity index (χ2n) is 5.11. The van der Waals surface area contributed by atoms with Crippen LogP contribution in [0.5, 0.6) is 23.0 Å². The number of pyridine rings is 1. The van der Waals surface area contributed by atoms with Gasteiger partial charge >= 0.3 is 0 Å². The number of amides is 1. The molecule has 6 nitrogen and oxygen atoms in total. The molecule has 2 aromatic carbocycles. The highest BCUT2D eigenvalue weighted by Gasteiger charge is 2.17. The minimum absolute atomic E-state index is 0.117. The Morgan fingerprint density at radius 2 is 1.80 bits per heavy atom. The van der Waals surface area contributed by atoms with Crippen LogP contribution in [0.25, 0.3) is 0 Å². The molecule has 0 aliphatic rings. The van der Waals surface area contributed by atoms with E-state index in [2.05, 4.69) is 10.3 Å². The van der Waals surface area contributed by atoms with Gasteiger partial charge in [0.2, 0.25) is 0 Å². The summed E-state index contributed by atoms with van der Waals surface area (Å²) in [6.07, 6.45) is 1.39. The van der Waals surface area contributed by atoms with Gasteiger partial charge in [-0.25, -0.2) is 4.98 Å². The van der Waals surface area contributed by atoms with E-state index in [9.17, 15) is 9.90 Å². The number of nitrogens with zero attached hydrogens (tertiary/aromatic N) is 1. The molecule has 0 bridgehead atoms. The summed E-state index contributed by atoms with van der Waals surface area (Å²) >= 11 is 0. The fourth-order valence-corrected chi connectivity index (χ4v) is 2.22. The number of rotatable bonds is 5. The highest BCUT2D eigenvalue weighted by atomic mass is 16.5. The molecule has 1 amide bonds. The molecule has 1 aromatic heterocycles. The van der Waals surface area contributed by atoms with Gasteiger partial charge in [-0.3, -0.25) is 4.79 Å². The van der Waals surface area contributed by atoms with Crippen LogP contribution in [0.2, 0.25) is 0 Å². The summed E-state index contributed by atoms with van der Waals surface area (Å²) in [7, 11) is 1.40. The molecule has 0 fully saturated rings. The van der Waals surface area contributed by atoms with Crippen LogP contribution in [-0.4, -0.2) is 23.1 Å². The molecule has 0 radical (unpaired) electrons. The molecule has 126 valence electrons. The molecule has 0 saturated heterocycles. The fourth-order valence-electron chi connectivity index (χ4n) is 2.22. The van der Waals surface area contributed by atoms with Crippen molar-refractivity contribution in [2.24, 2.45) is 0 Å². The predicted octanol–water partition coefficient (Wildman–Crippen LogP) is 3.84. The number of hydrogen-bond donors (Lipinski definition) is 2. The number of para-hydroxylation sites is 1. The van der Waals surface area contributed by atoms with Crippen molar-refractivity contribution in [2.45, 2.75) is 0 Å². The average Bonchev–Trinajstić information content (AvgIpc) is 2.63. The minimum Gasteiger partial charge on any atom is -0.503 e. The van der Waals surface area contributed by atoms with Gasteiger partial charge in [0.15, 0.2) is 17.2 Å². The van der Waals surface area contributed by atoms with E-state index in [0.29, 0.717) is 17.2 Å². The molecule has 3 aromatic rings. The van der Waals surface area contributed by atoms with Crippen LogP contribution in [0.15, 0.2) is 66.9 Å². The van der Waals surface area contributed by atoms with Crippen LogP contribution < -0.4 is 14.8 Å². The maximum Gasteiger partial charge on any atom is 0.278 e. The first kappa shape index (κ1) is 16.3. The molecule has 0 aliphatic heterocycles. The highest BCUT2D eigenvalue weighted by molar-refractivity contribution is 6.05. The van der Waals surface area contributed by atoms with Crippen LogP contribution in [0, 0.1) is 0 Å². The van der Waals surface area contributed by atoms with Gasteiger partial charge in [-0.2, -0.15) is 0 Å². The first-order valence-corrected chi connectivity index (χ1v) is 7.53. The topological polar surface area (TPSA) is 80.7 Å². The second kappa shape index (κ2) is 7.35. The number of methoxy groups -OCH3 is 1. The lowest BCUT2D eigenvalue weighted by Gasteiger charge is -2.10. The summed E-state index contributed by atoms with van der Waals surface area (Å²) in [4.78, 5) is 16.2. The molecule has 0 saturated carbocycles. The third-order valence-electron chi connectivity index (χ3n) is 3.39. The Balaban J connectivity index is 1.77. The summed E-state index contributed by atoms with van der Waals surface area (Å²) in [5.41, 5.74) is 0.399. The number of benzene rings is 2. The predicted molar refractivity (Wildman–Crippen MR) is 93.4 cm³/mol. The normalized spacial score (nSPS) is 10.1. The lowest BCUT2D eigenvalue weighted by molar-refractivity contribution is 0.101. The van der Waals surface area contributed by atoms with Gasteiger partial charge in [-0.15, -0.1) is 0 Å². The number of carbonyl (C=O) groups is 1. The van der Waals surface area contributed by atoms with Gasteiger partial charge in [0.25, 0.3) is 5.91 Å². The first-order valence-electron chi connectivity index (χ1n) is 7.53. The Bertz CT molecular complexity index is 882. The average molecular weight is 336 g/mol. The number of hydrogen-bond acceptors (Lipinski definition) is 5. The Morgan fingerprint density at radius 1 is 1.04 bits per heavy atom. The maximum absolute atomic E-state index is 12.3. The van der Waals surface area contributed by atoms with Crippen molar-refractivity contribution < 1.29 is 19.4 Å². The first-order chi connectivity index (χ1) is 12.2. The zero-order valence-corrected chi connectivity index (χ0v) is 13.5. The molecule has 0 aliphatic carbocycles. The van der Waals surface area contributed by atoms with Crippen molar-refractivity contribution in [1.29, 1.82) is 0 Å². The molecule has 0 atom stereocenters. The zero-order chi connectivity index (χ0) is 17.6. The van der Waals surface area contributed by atoms with E-state index in [1.807, 2.05) is 30.3 Å². The van der Waals surface area contributed by atoms with Crippen LogP contribution in [0.1, 0.15) is 10.5 Å². The minimum atomic E-state index is -0.548. The molecule has 0 unspecified atom stereocenters. The fraction of sp³-hybridized carbons (Fsp3) is 0.0526. The van der Waals surface area contributed by atoms with Crippen LogP contribution in [-0.2, 0) is 0 Å². The number of anilines is 1. The Labute approximate surface area is 144 Å².